The molecule has 43 heavy (non-hydrogen) atoms. The van der Waals surface area contributed by atoms with Crippen molar-refractivity contribution in [1.82, 2.24) is 30.0 Å². The van der Waals surface area contributed by atoms with Crippen LogP contribution in [0.4, 0.5) is 0 Å². The number of hydrogen-bond donors (Lipinski definition) is 1. The topological polar surface area (TPSA) is 111 Å². The summed E-state index contributed by atoms with van der Waals surface area (Å²) < 4.78 is 23.1. The van der Waals surface area contributed by atoms with Gasteiger partial charge in [-0.05, 0) is 45.4 Å². The van der Waals surface area contributed by atoms with Crippen LogP contribution in [-0.4, -0.2) is 76.6 Å². The lowest BCUT2D eigenvalue weighted by atomic mass is 9.99. The van der Waals surface area contributed by atoms with Gasteiger partial charge in [-0.3, -0.25) is 4.90 Å². The zero-order chi connectivity index (χ0) is 29.5. The van der Waals surface area contributed by atoms with Crippen LogP contribution < -0.4 is 9.47 Å². The van der Waals surface area contributed by atoms with Gasteiger partial charge in [-0.2, -0.15) is 0 Å². The smallest absolute Gasteiger partial charge is 0.214 e. The van der Waals surface area contributed by atoms with Crippen molar-refractivity contribution in [3.05, 3.63) is 59.7 Å². The van der Waals surface area contributed by atoms with E-state index in [1.807, 2.05) is 51.1 Å². The Morgan fingerprint density at radius 3 is 2.58 bits per heavy atom. The van der Waals surface area contributed by atoms with Crippen LogP contribution in [0.15, 0.2) is 47.0 Å². The zero-order valence-electron chi connectivity index (χ0n) is 24.9. The maximum absolute atomic E-state index is 6.24. The van der Waals surface area contributed by atoms with E-state index in [1.54, 1.807) is 7.11 Å². The average Bonchev–Trinajstić information content (AvgIpc) is 3.55. The Bertz CT molecular complexity index is 1940. The van der Waals surface area contributed by atoms with E-state index < -0.39 is 0 Å². The lowest BCUT2D eigenvalue weighted by Gasteiger charge is -2.26. The molecule has 220 valence electrons. The van der Waals surface area contributed by atoms with Gasteiger partial charge in [0.15, 0.2) is 0 Å². The summed E-state index contributed by atoms with van der Waals surface area (Å²) in [6.45, 7) is 10.8. The van der Waals surface area contributed by atoms with Crippen LogP contribution in [-0.2, 0) is 4.74 Å². The molecular formula is C33H34N6O4. The molecule has 1 aliphatic heterocycles. The Kier molecular flexibility index (Phi) is 7.16. The summed E-state index contributed by atoms with van der Waals surface area (Å²) in [5.74, 6) is 2.71. The number of nitrogens with one attached hydrogen (secondary N) is 1. The number of hydrogen-bond acceptors (Lipinski definition) is 9. The zero-order valence-corrected chi connectivity index (χ0v) is 24.9. The molecule has 10 nitrogen and oxygen atoms in total. The first kappa shape index (κ1) is 27.3. The number of pyridine rings is 1. The molecule has 1 N–H and O–H groups in total. The van der Waals surface area contributed by atoms with Gasteiger partial charge in [0.05, 0.1) is 54.8 Å². The molecule has 0 spiro atoms. The van der Waals surface area contributed by atoms with E-state index >= 15 is 0 Å². The number of nitrogens with zero attached hydrogens (tertiary/aromatic N) is 5. The molecule has 0 bridgehead atoms. The predicted octanol–water partition coefficient (Wildman–Crippen LogP) is 6.02. The van der Waals surface area contributed by atoms with Gasteiger partial charge in [-0.25, -0.2) is 15.0 Å². The number of aromatic amines is 1. The van der Waals surface area contributed by atoms with E-state index in [0.29, 0.717) is 18.3 Å². The Hall–Kier alpha value is -4.54. The fourth-order valence-electron chi connectivity index (χ4n) is 6.07. The molecule has 0 atom stereocenters. The number of ether oxygens (including phenoxy) is 3. The molecule has 0 saturated carbocycles. The molecule has 2 aromatic carbocycles. The lowest BCUT2D eigenvalue weighted by molar-refractivity contribution is 0.0357. The van der Waals surface area contributed by atoms with Crippen LogP contribution in [0.1, 0.15) is 23.7 Å². The molecule has 0 aliphatic carbocycles. The van der Waals surface area contributed by atoms with E-state index in [-0.39, 0.29) is 0 Å². The van der Waals surface area contributed by atoms with Crippen LogP contribution in [0, 0.1) is 20.8 Å². The second kappa shape index (κ2) is 11.3. The Morgan fingerprint density at radius 2 is 1.79 bits per heavy atom. The van der Waals surface area contributed by atoms with E-state index in [1.165, 1.54) is 0 Å². The number of morpholine rings is 1. The van der Waals surface area contributed by atoms with Gasteiger partial charge in [0.2, 0.25) is 5.88 Å². The molecular weight excluding hydrogens is 544 g/mol. The number of aromatic nitrogens is 5. The van der Waals surface area contributed by atoms with E-state index in [2.05, 4.69) is 27.2 Å². The summed E-state index contributed by atoms with van der Waals surface area (Å²) >= 11 is 0. The van der Waals surface area contributed by atoms with Crippen molar-refractivity contribution in [2.24, 2.45) is 0 Å². The molecule has 10 heteroatoms. The minimum Gasteiger partial charge on any atom is -0.496 e. The number of rotatable bonds is 8. The molecule has 0 radical (unpaired) electrons. The van der Waals surface area contributed by atoms with Crippen LogP contribution in [0.2, 0.25) is 0 Å². The maximum atomic E-state index is 6.24. The predicted molar refractivity (Wildman–Crippen MR) is 166 cm³/mol. The van der Waals surface area contributed by atoms with E-state index in [4.69, 9.17) is 33.7 Å². The summed E-state index contributed by atoms with van der Waals surface area (Å²) in [7, 11) is 1.68. The fraction of sp³-hybridized carbons (Fsp3) is 0.333. The lowest BCUT2D eigenvalue weighted by Crippen LogP contribution is -2.37. The fourth-order valence-corrected chi connectivity index (χ4v) is 6.07. The number of methoxy groups -OCH3 is 1. The van der Waals surface area contributed by atoms with Crippen molar-refractivity contribution >= 4 is 32.8 Å². The van der Waals surface area contributed by atoms with Crippen LogP contribution >= 0.6 is 0 Å². The van der Waals surface area contributed by atoms with Gasteiger partial charge in [0, 0.05) is 53.1 Å². The van der Waals surface area contributed by atoms with Crippen molar-refractivity contribution < 1.29 is 18.7 Å². The SMILES string of the molecule is COc1cc2c(cc1-c1c(C)noc1C)[nH]c1nc(C)nc(-c3cc(OCCCN4CCOCC4)nc4ccccc34)c12. The van der Waals surface area contributed by atoms with Crippen molar-refractivity contribution in [2.45, 2.75) is 27.2 Å². The summed E-state index contributed by atoms with van der Waals surface area (Å²) in [6.07, 6.45) is 0.913. The third-order valence-corrected chi connectivity index (χ3v) is 8.11. The molecule has 7 rings (SSSR count). The Morgan fingerprint density at radius 1 is 0.953 bits per heavy atom. The van der Waals surface area contributed by atoms with Crippen molar-refractivity contribution in [3.63, 3.8) is 0 Å². The van der Waals surface area contributed by atoms with Crippen LogP contribution in [0.25, 0.3) is 55.2 Å². The van der Waals surface area contributed by atoms with Crippen LogP contribution in [0.5, 0.6) is 11.6 Å². The Balaban J connectivity index is 1.34. The molecule has 1 aliphatic rings. The number of para-hydroxylation sites is 1. The maximum Gasteiger partial charge on any atom is 0.214 e. The highest BCUT2D eigenvalue weighted by Crippen LogP contribution is 2.42. The molecule has 1 fully saturated rings. The van der Waals surface area contributed by atoms with Crippen molar-refractivity contribution in [1.29, 1.82) is 0 Å². The first-order chi connectivity index (χ1) is 21.0. The van der Waals surface area contributed by atoms with E-state index in [0.717, 1.165) is 112 Å². The monoisotopic (exact) mass is 578 g/mol. The first-order valence-electron chi connectivity index (χ1n) is 14.6. The van der Waals surface area contributed by atoms with Gasteiger partial charge >= 0.3 is 0 Å². The van der Waals surface area contributed by atoms with Crippen LogP contribution in [0.3, 0.4) is 0 Å². The summed E-state index contributed by atoms with van der Waals surface area (Å²) in [5, 5.41) is 7.03. The molecule has 4 aromatic heterocycles. The molecule has 1 saturated heterocycles. The number of fused-ring (bicyclic) bond motifs is 4. The quantitative estimate of drug-likeness (QED) is 0.217. The van der Waals surface area contributed by atoms with Crippen molar-refractivity contribution in [2.75, 3.05) is 46.6 Å². The standard InChI is InChI=1S/C33H34N6O4/c1-19-30(20(2)43-38-19)25-16-27-24(17-28(25)40-4)31-32(34-21(3)35-33(31)37-27)23-18-29(36-26-9-6-5-8-22(23)26)42-13-7-10-39-11-14-41-15-12-39/h5-6,8-9,16-18H,7,10-15H2,1-4H3,(H,34,35,37). The molecule has 0 unspecified atom stereocenters. The molecule has 0 amide bonds. The highest BCUT2D eigenvalue weighted by molar-refractivity contribution is 6.15. The third-order valence-electron chi connectivity index (χ3n) is 8.11. The molecule has 6 aromatic rings. The van der Waals surface area contributed by atoms with Crippen molar-refractivity contribution in [3.8, 4) is 34.0 Å². The first-order valence-corrected chi connectivity index (χ1v) is 14.6. The second-order valence-corrected chi connectivity index (χ2v) is 10.9. The highest BCUT2D eigenvalue weighted by Gasteiger charge is 2.22. The van der Waals surface area contributed by atoms with Gasteiger partial charge in [-0.15, -0.1) is 0 Å². The third kappa shape index (κ3) is 5.06. The number of benzene rings is 2. The normalized spacial score (nSPS) is 14.2. The summed E-state index contributed by atoms with van der Waals surface area (Å²) in [4.78, 5) is 20.6. The largest absolute Gasteiger partial charge is 0.496 e. The summed E-state index contributed by atoms with van der Waals surface area (Å²) in [5.41, 5.74) is 6.93. The van der Waals surface area contributed by atoms with Gasteiger partial charge in [0.25, 0.3) is 0 Å². The molecule has 5 heterocycles. The highest BCUT2D eigenvalue weighted by atomic mass is 16.5. The number of aryl methyl sites for hydroxylation is 3. The summed E-state index contributed by atoms with van der Waals surface area (Å²) in [6, 6.07) is 14.2. The average molecular weight is 579 g/mol. The van der Waals surface area contributed by atoms with E-state index in [9.17, 15) is 0 Å². The number of H-pyrrole nitrogens is 1. The van der Waals surface area contributed by atoms with Gasteiger partial charge < -0.3 is 23.7 Å². The second-order valence-electron chi connectivity index (χ2n) is 10.9. The van der Waals surface area contributed by atoms with Gasteiger partial charge in [-0.1, -0.05) is 23.4 Å². The minimum atomic E-state index is 0.578. The Labute approximate surface area is 249 Å². The van der Waals surface area contributed by atoms with Gasteiger partial charge in [0.1, 0.15) is 23.0 Å². The minimum absolute atomic E-state index is 0.578.